The number of hydrogen-bond donors (Lipinski definition) is 0. The third kappa shape index (κ3) is 4.32. The normalized spacial score (nSPS) is 13.3. The van der Waals surface area contributed by atoms with Crippen LogP contribution in [0.2, 0.25) is 0 Å². The van der Waals surface area contributed by atoms with Crippen LogP contribution in [0.25, 0.3) is 0 Å². The molecule has 0 atom stereocenters. The fourth-order valence-electron chi connectivity index (χ4n) is 5.25. The van der Waals surface area contributed by atoms with Crippen molar-refractivity contribution in [3.63, 3.8) is 0 Å². The Labute approximate surface area is 168 Å². The molecule has 0 aliphatic rings. The SMILES string of the molecule is CCCCP(CCCC)(CCCC)(c1ccccc1C)c1ccccc1C. The molecule has 0 aromatic heterocycles. The monoisotopic (exact) mass is 384 g/mol. The van der Waals surface area contributed by atoms with Gasteiger partial charge in [-0.3, -0.25) is 0 Å². The predicted octanol–water partition coefficient (Wildman–Crippen LogP) is 7.21. The Morgan fingerprint density at radius 3 is 1.19 bits per heavy atom. The molecule has 0 saturated carbocycles. The summed E-state index contributed by atoms with van der Waals surface area (Å²) in [5.74, 6) is 0. The van der Waals surface area contributed by atoms with Crippen molar-refractivity contribution < 1.29 is 0 Å². The van der Waals surface area contributed by atoms with E-state index in [1.54, 1.807) is 10.6 Å². The number of hydrogen-bond acceptors (Lipinski definition) is 0. The fourth-order valence-corrected chi connectivity index (χ4v) is 13.8. The van der Waals surface area contributed by atoms with Gasteiger partial charge in [0.25, 0.3) is 0 Å². The average Bonchev–Trinajstić information content (AvgIpc) is 2.69. The van der Waals surface area contributed by atoms with Crippen LogP contribution in [-0.2, 0) is 0 Å². The van der Waals surface area contributed by atoms with E-state index in [4.69, 9.17) is 0 Å². The quantitative estimate of drug-likeness (QED) is 0.359. The second-order valence-electron chi connectivity index (χ2n) is 8.54. The van der Waals surface area contributed by atoms with Crippen LogP contribution in [0.1, 0.15) is 70.4 Å². The molecule has 1 heteroatoms. The molecule has 0 amide bonds. The zero-order chi connectivity index (χ0) is 19.8. The zero-order valence-electron chi connectivity index (χ0n) is 18.4. The van der Waals surface area contributed by atoms with Gasteiger partial charge < -0.3 is 0 Å². The molecule has 0 unspecified atom stereocenters. The van der Waals surface area contributed by atoms with Gasteiger partial charge in [0.1, 0.15) is 0 Å². The minimum absolute atomic E-state index is 1.29. The van der Waals surface area contributed by atoms with E-state index in [1.807, 2.05) is 0 Å². The Bertz CT molecular complexity index is 642. The van der Waals surface area contributed by atoms with Crippen LogP contribution in [0.4, 0.5) is 0 Å². The van der Waals surface area contributed by atoms with Crippen molar-refractivity contribution in [3.05, 3.63) is 59.7 Å². The molecule has 2 aromatic rings. The van der Waals surface area contributed by atoms with E-state index in [2.05, 4.69) is 83.1 Å². The first kappa shape index (κ1) is 22.2. The van der Waals surface area contributed by atoms with Gasteiger partial charge in [-0.2, -0.15) is 0 Å². The molecule has 0 aliphatic carbocycles. The number of aryl methyl sites for hydroxylation is 2. The summed E-state index contributed by atoms with van der Waals surface area (Å²) in [6.45, 7) is 9.54. The number of unbranched alkanes of at least 4 members (excludes halogenated alkanes) is 3. The summed E-state index contributed by atoms with van der Waals surface area (Å²) in [5, 5.41) is 3.43. The van der Waals surface area contributed by atoms with Gasteiger partial charge in [-0.05, 0) is 0 Å². The second-order valence-corrected chi connectivity index (χ2v) is 14.3. The molecule has 0 aliphatic heterocycles. The third-order valence-corrected chi connectivity index (χ3v) is 14.4. The molecule has 0 radical (unpaired) electrons. The summed E-state index contributed by atoms with van der Waals surface area (Å²) in [6, 6.07) is 18.8. The standard InChI is InChI=1S/C26H41P/c1-6-9-20-27(21-10-7-2,22-11-8-3,25-18-14-12-16-23(25)4)26-19-15-13-17-24(26)5/h12-19H,6-11,20-22H2,1-5H3. The summed E-state index contributed by atoms with van der Waals surface area (Å²) in [5.41, 5.74) is 3.03. The maximum atomic E-state index is 2.50. The molecular weight excluding hydrogens is 343 g/mol. The maximum absolute atomic E-state index is 2.50. The summed E-state index contributed by atoms with van der Waals surface area (Å²) in [4.78, 5) is 0. The zero-order valence-corrected chi connectivity index (χ0v) is 19.3. The Morgan fingerprint density at radius 1 is 0.556 bits per heavy atom. The molecule has 0 bridgehead atoms. The van der Waals surface area contributed by atoms with Crippen LogP contribution in [0.3, 0.4) is 0 Å². The van der Waals surface area contributed by atoms with Gasteiger partial charge in [0.15, 0.2) is 0 Å². The van der Waals surface area contributed by atoms with E-state index in [0.29, 0.717) is 0 Å². The first-order valence-corrected chi connectivity index (χ1v) is 14.0. The molecular formula is C26H41P. The Kier molecular flexibility index (Phi) is 8.11. The molecule has 0 fully saturated rings. The van der Waals surface area contributed by atoms with Gasteiger partial charge in [-0.15, -0.1) is 0 Å². The molecule has 27 heavy (non-hydrogen) atoms. The van der Waals surface area contributed by atoms with Crippen molar-refractivity contribution in [2.45, 2.75) is 73.1 Å². The average molecular weight is 385 g/mol. The molecule has 150 valence electrons. The van der Waals surface area contributed by atoms with Crippen molar-refractivity contribution in [1.82, 2.24) is 0 Å². The van der Waals surface area contributed by atoms with Crippen molar-refractivity contribution in [2.24, 2.45) is 0 Å². The molecule has 0 spiro atoms. The van der Waals surface area contributed by atoms with Crippen molar-refractivity contribution >= 4 is 17.2 Å². The fraction of sp³-hybridized carbons (Fsp3) is 0.538. The second kappa shape index (κ2) is 9.88. The van der Waals surface area contributed by atoms with Gasteiger partial charge in [0.2, 0.25) is 0 Å². The van der Waals surface area contributed by atoms with E-state index in [0.717, 1.165) is 0 Å². The van der Waals surface area contributed by atoms with E-state index in [-0.39, 0.29) is 0 Å². The van der Waals surface area contributed by atoms with Crippen molar-refractivity contribution in [2.75, 3.05) is 18.5 Å². The van der Waals surface area contributed by atoms with Gasteiger partial charge in [0.05, 0.1) is 0 Å². The van der Waals surface area contributed by atoms with Crippen molar-refractivity contribution in [1.29, 1.82) is 0 Å². The van der Waals surface area contributed by atoms with Gasteiger partial charge in [-0.1, -0.05) is 0 Å². The molecule has 2 rings (SSSR count). The molecule has 2 aromatic carbocycles. The Hall–Kier alpha value is -1.13. The van der Waals surface area contributed by atoms with E-state index >= 15 is 0 Å². The summed E-state index contributed by atoms with van der Waals surface area (Å²) >= 11 is 0. The van der Waals surface area contributed by atoms with Crippen LogP contribution in [-0.4, -0.2) is 18.5 Å². The van der Waals surface area contributed by atoms with Crippen LogP contribution in [0.15, 0.2) is 48.5 Å². The molecule has 0 saturated heterocycles. The number of rotatable bonds is 11. The van der Waals surface area contributed by atoms with E-state index < -0.39 is 6.60 Å². The predicted molar refractivity (Wildman–Crippen MR) is 128 cm³/mol. The first-order valence-electron chi connectivity index (χ1n) is 11.2. The summed E-state index contributed by atoms with van der Waals surface area (Å²) < 4.78 is 0. The third-order valence-electron chi connectivity index (χ3n) is 6.65. The molecule has 0 N–H and O–H groups in total. The van der Waals surface area contributed by atoms with Crippen LogP contribution < -0.4 is 10.6 Å². The van der Waals surface area contributed by atoms with Crippen molar-refractivity contribution in [3.8, 4) is 0 Å². The summed E-state index contributed by atoms with van der Waals surface area (Å²) in [6.07, 6.45) is 12.0. The molecule has 0 heterocycles. The van der Waals surface area contributed by atoms with Gasteiger partial charge in [0, 0.05) is 0 Å². The van der Waals surface area contributed by atoms with Crippen LogP contribution >= 0.6 is 6.60 Å². The van der Waals surface area contributed by atoms with E-state index in [1.165, 1.54) is 68.1 Å². The first-order chi connectivity index (χ1) is 13.0. The van der Waals surface area contributed by atoms with Crippen LogP contribution in [0, 0.1) is 13.8 Å². The minimum atomic E-state index is -2.26. The molecule has 0 nitrogen and oxygen atoms in total. The van der Waals surface area contributed by atoms with E-state index in [9.17, 15) is 0 Å². The number of benzene rings is 2. The van der Waals surface area contributed by atoms with Gasteiger partial charge in [-0.25, -0.2) is 0 Å². The summed E-state index contributed by atoms with van der Waals surface area (Å²) in [7, 11) is 0. The van der Waals surface area contributed by atoms with Gasteiger partial charge >= 0.3 is 168 Å². The Morgan fingerprint density at radius 2 is 0.889 bits per heavy atom. The topological polar surface area (TPSA) is 0 Å². The Balaban J connectivity index is 2.90. The van der Waals surface area contributed by atoms with Crippen LogP contribution in [0.5, 0.6) is 0 Å².